The molecule has 1 heterocycles. The van der Waals surface area contributed by atoms with E-state index in [0.717, 1.165) is 18.4 Å². The van der Waals surface area contributed by atoms with Gasteiger partial charge in [-0.15, -0.1) is 0 Å². The predicted molar refractivity (Wildman–Crippen MR) is 79.8 cm³/mol. The number of hydrogen-bond donors (Lipinski definition) is 1. The van der Waals surface area contributed by atoms with Crippen LogP contribution in [0.5, 0.6) is 0 Å². The number of aryl methyl sites for hydroxylation is 2. The normalized spacial score (nSPS) is 12.6. The van der Waals surface area contributed by atoms with Gasteiger partial charge in [-0.2, -0.15) is 5.10 Å². The molecule has 1 N–H and O–H groups in total. The van der Waals surface area contributed by atoms with Gasteiger partial charge in [-0.1, -0.05) is 29.3 Å². The van der Waals surface area contributed by atoms with E-state index in [0.29, 0.717) is 10.0 Å². The third-order valence-corrected chi connectivity index (χ3v) is 3.86. The fraction of sp³-hybridized carbons (Fsp3) is 0.357. The first-order chi connectivity index (χ1) is 9.11. The van der Waals surface area contributed by atoms with Crippen molar-refractivity contribution in [3.8, 4) is 0 Å². The largest absolute Gasteiger partial charge is 0.313 e. The highest BCUT2D eigenvalue weighted by atomic mass is 35.5. The molecule has 0 fully saturated rings. The second-order valence-corrected chi connectivity index (χ2v) is 5.34. The lowest BCUT2D eigenvalue weighted by Crippen LogP contribution is -2.18. The number of aromatic nitrogens is 2. The first-order valence-corrected chi connectivity index (χ1v) is 6.96. The van der Waals surface area contributed by atoms with E-state index in [1.54, 1.807) is 6.07 Å². The van der Waals surface area contributed by atoms with E-state index >= 15 is 0 Å². The van der Waals surface area contributed by atoms with Crippen LogP contribution in [0.2, 0.25) is 10.0 Å². The molecule has 0 bridgehead atoms. The summed E-state index contributed by atoms with van der Waals surface area (Å²) in [6.45, 7) is 0. The first-order valence-electron chi connectivity index (χ1n) is 6.21. The van der Waals surface area contributed by atoms with E-state index < -0.39 is 0 Å². The fourth-order valence-corrected chi connectivity index (χ4v) is 2.72. The molecule has 0 aliphatic carbocycles. The Bertz CT molecular complexity index is 551. The van der Waals surface area contributed by atoms with Crippen molar-refractivity contribution >= 4 is 23.2 Å². The summed E-state index contributed by atoms with van der Waals surface area (Å²) >= 11 is 12.2. The molecule has 0 aliphatic heterocycles. The van der Waals surface area contributed by atoms with Crippen LogP contribution < -0.4 is 5.32 Å². The van der Waals surface area contributed by atoms with Crippen molar-refractivity contribution in [2.45, 2.75) is 18.9 Å². The van der Waals surface area contributed by atoms with E-state index in [9.17, 15) is 0 Å². The summed E-state index contributed by atoms with van der Waals surface area (Å²) in [4.78, 5) is 0. The Hall–Kier alpha value is -1.03. The maximum Gasteiger partial charge on any atom is 0.0492 e. The van der Waals surface area contributed by atoms with Crippen LogP contribution in [0.3, 0.4) is 0 Å². The van der Waals surface area contributed by atoms with Crippen LogP contribution in [0.1, 0.15) is 23.7 Å². The molecule has 0 amide bonds. The second kappa shape index (κ2) is 6.42. The minimum absolute atomic E-state index is 0.208. The van der Waals surface area contributed by atoms with Crippen LogP contribution in [0.25, 0.3) is 0 Å². The van der Waals surface area contributed by atoms with Crippen LogP contribution in [0.4, 0.5) is 0 Å². The summed E-state index contributed by atoms with van der Waals surface area (Å²) in [5.41, 5.74) is 2.29. The second-order valence-electron chi connectivity index (χ2n) is 4.49. The number of hydrogen-bond acceptors (Lipinski definition) is 2. The number of benzene rings is 1. The molecule has 19 heavy (non-hydrogen) atoms. The van der Waals surface area contributed by atoms with Gasteiger partial charge in [0.05, 0.1) is 0 Å². The summed E-state index contributed by atoms with van der Waals surface area (Å²) in [6.07, 6.45) is 3.72. The molecule has 102 valence electrons. The van der Waals surface area contributed by atoms with Crippen molar-refractivity contribution in [2.24, 2.45) is 7.05 Å². The molecule has 1 atom stereocenters. The lowest BCUT2D eigenvalue weighted by Gasteiger charge is -2.18. The summed E-state index contributed by atoms with van der Waals surface area (Å²) in [7, 11) is 3.90. The maximum absolute atomic E-state index is 6.25. The number of nitrogens with one attached hydrogen (secondary N) is 1. The smallest absolute Gasteiger partial charge is 0.0492 e. The molecule has 0 radical (unpaired) electrons. The molecule has 3 nitrogen and oxygen atoms in total. The quantitative estimate of drug-likeness (QED) is 0.913. The average Bonchev–Trinajstić information content (AvgIpc) is 2.78. The lowest BCUT2D eigenvalue weighted by molar-refractivity contribution is 0.536. The zero-order chi connectivity index (χ0) is 13.8. The molecule has 1 aromatic heterocycles. The summed E-state index contributed by atoms with van der Waals surface area (Å²) in [5.74, 6) is 0. The number of rotatable bonds is 5. The van der Waals surface area contributed by atoms with Crippen molar-refractivity contribution < 1.29 is 0 Å². The Morgan fingerprint density at radius 1 is 1.32 bits per heavy atom. The van der Waals surface area contributed by atoms with Gasteiger partial charge in [0, 0.05) is 35.0 Å². The van der Waals surface area contributed by atoms with E-state index in [1.165, 1.54) is 5.69 Å². The van der Waals surface area contributed by atoms with Crippen molar-refractivity contribution in [1.29, 1.82) is 0 Å². The van der Waals surface area contributed by atoms with Crippen molar-refractivity contribution in [3.63, 3.8) is 0 Å². The van der Waals surface area contributed by atoms with Crippen LogP contribution in [-0.4, -0.2) is 16.8 Å². The highest BCUT2D eigenvalue weighted by Crippen LogP contribution is 2.28. The highest BCUT2D eigenvalue weighted by Gasteiger charge is 2.14. The number of halogens is 2. The molecule has 1 unspecified atom stereocenters. The fourth-order valence-electron chi connectivity index (χ4n) is 2.18. The molecule has 0 saturated carbocycles. The van der Waals surface area contributed by atoms with E-state index in [2.05, 4.69) is 10.4 Å². The van der Waals surface area contributed by atoms with Gasteiger partial charge in [0.2, 0.25) is 0 Å². The average molecular weight is 298 g/mol. The van der Waals surface area contributed by atoms with Gasteiger partial charge in [-0.25, -0.2) is 0 Å². The van der Waals surface area contributed by atoms with Gasteiger partial charge in [0.25, 0.3) is 0 Å². The zero-order valence-corrected chi connectivity index (χ0v) is 12.5. The van der Waals surface area contributed by atoms with Crippen molar-refractivity contribution in [2.75, 3.05) is 7.05 Å². The minimum atomic E-state index is 0.208. The molecule has 2 rings (SSSR count). The highest BCUT2D eigenvalue weighted by molar-refractivity contribution is 6.35. The molecule has 1 aromatic carbocycles. The van der Waals surface area contributed by atoms with Crippen molar-refractivity contribution in [3.05, 3.63) is 51.8 Å². The third kappa shape index (κ3) is 3.50. The van der Waals surface area contributed by atoms with Crippen molar-refractivity contribution in [1.82, 2.24) is 15.1 Å². The van der Waals surface area contributed by atoms with Crippen LogP contribution >= 0.6 is 23.2 Å². The van der Waals surface area contributed by atoms with Gasteiger partial charge >= 0.3 is 0 Å². The van der Waals surface area contributed by atoms with Crippen LogP contribution in [0.15, 0.2) is 30.5 Å². The van der Waals surface area contributed by atoms with Gasteiger partial charge in [-0.3, -0.25) is 4.68 Å². The Labute approximate surface area is 123 Å². The zero-order valence-electron chi connectivity index (χ0n) is 11.0. The molecule has 0 aliphatic rings. The van der Waals surface area contributed by atoms with Crippen LogP contribution in [0, 0.1) is 0 Å². The molecule has 0 spiro atoms. The summed E-state index contributed by atoms with van der Waals surface area (Å²) in [5, 5.41) is 8.85. The Morgan fingerprint density at radius 3 is 2.68 bits per heavy atom. The van der Waals surface area contributed by atoms with Gasteiger partial charge in [-0.05, 0) is 43.7 Å². The van der Waals surface area contributed by atoms with Crippen LogP contribution in [-0.2, 0) is 13.5 Å². The van der Waals surface area contributed by atoms with Gasteiger partial charge in [0.15, 0.2) is 0 Å². The topological polar surface area (TPSA) is 29.9 Å². The molecular weight excluding hydrogens is 281 g/mol. The molecule has 5 heteroatoms. The van der Waals surface area contributed by atoms with E-state index in [-0.39, 0.29) is 6.04 Å². The number of nitrogens with zero attached hydrogens (tertiary/aromatic N) is 2. The van der Waals surface area contributed by atoms with Gasteiger partial charge < -0.3 is 5.32 Å². The predicted octanol–water partition coefficient (Wildman–Crippen LogP) is 3.62. The summed E-state index contributed by atoms with van der Waals surface area (Å²) in [6, 6.07) is 7.88. The van der Waals surface area contributed by atoms with Gasteiger partial charge in [0.1, 0.15) is 0 Å². The Balaban J connectivity index is 2.10. The summed E-state index contributed by atoms with van der Waals surface area (Å²) < 4.78 is 1.90. The Kier molecular flexibility index (Phi) is 4.86. The molecule has 0 saturated heterocycles. The monoisotopic (exact) mass is 297 g/mol. The molecular formula is C14H17Cl2N3. The van der Waals surface area contributed by atoms with E-state index in [4.69, 9.17) is 23.2 Å². The molecule has 2 aromatic rings. The lowest BCUT2D eigenvalue weighted by atomic mass is 10.0. The first kappa shape index (κ1) is 14.4. The third-order valence-electron chi connectivity index (χ3n) is 3.30. The standard InChI is InChI=1S/C14H17Cl2N3/c1-17-14(6-4-11-7-8-18-19(11)2)12-5-3-10(15)9-13(12)16/h3,5,7-9,14,17H,4,6H2,1-2H3. The Morgan fingerprint density at radius 2 is 2.11 bits per heavy atom. The maximum atomic E-state index is 6.25. The minimum Gasteiger partial charge on any atom is -0.313 e. The van der Waals surface area contributed by atoms with E-state index in [1.807, 2.05) is 43.2 Å². The SMILES string of the molecule is CNC(CCc1ccnn1C)c1ccc(Cl)cc1Cl.